The number of cyclic esters (lactones) is 1. The summed E-state index contributed by atoms with van der Waals surface area (Å²) in [5, 5.41) is 0. The number of hydrogen-bond acceptors (Lipinski definition) is 4. The number of carbonyl (C=O) groups is 2. The van der Waals surface area contributed by atoms with Crippen molar-refractivity contribution in [2.45, 2.75) is 26.1 Å². The van der Waals surface area contributed by atoms with Crippen LogP contribution in [0.2, 0.25) is 0 Å². The van der Waals surface area contributed by atoms with Gasteiger partial charge < -0.3 is 14.3 Å². The third-order valence-electron chi connectivity index (χ3n) is 1.29. The van der Waals surface area contributed by atoms with Crippen LogP contribution in [0.5, 0.6) is 0 Å². The summed E-state index contributed by atoms with van der Waals surface area (Å²) in [6.45, 7) is 3.23. The quantitative estimate of drug-likeness (QED) is 0.453. The summed E-state index contributed by atoms with van der Waals surface area (Å²) in [6, 6.07) is 0. The molecule has 1 aliphatic heterocycles. The van der Waals surface area contributed by atoms with E-state index in [4.69, 9.17) is 9.47 Å². The van der Waals surface area contributed by atoms with E-state index in [0.29, 0.717) is 12.0 Å². The van der Waals surface area contributed by atoms with Crippen molar-refractivity contribution in [1.82, 2.24) is 0 Å². The minimum atomic E-state index is -0.954. The first-order valence-corrected chi connectivity index (χ1v) is 3.60. The minimum absolute atomic E-state index is 0.110. The number of rotatable bonds is 2. The molecule has 0 aromatic rings. The average molecular weight is 170 g/mol. The molecular formula is C8H10O4. The number of carbonyl (C=O) groups excluding carboxylic acids is 2. The predicted molar refractivity (Wildman–Crippen MR) is 40.0 cm³/mol. The van der Waals surface area contributed by atoms with Gasteiger partial charge in [-0.25, -0.2) is 4.79 Å². The molecule has 0 bridgehead atoms. The van der Waals surface area contributed by atoms with E-state index >= 15 is 0 Å². The Morgan fingerprint density at radius 2 is 2.17 bits per heavy atom. The van der Waals surface area contributed by atoms with Gasteiger partial charge in [0.2, 0.25) is 5.79 Å². The van der Waals surface area contributed by atoms with Gasteiger partial charge in [-0.05, 0) is 0 Å². The van der Waals surface area contributed by atoms with Crippen molar-refractivity contribution in [2.75, 3.05) is 0 Å². The number of ether oxygens (including phenoxy) is 2. The van der Waals surface area contributed by atoms with Crippen molar-refractivity contribution < 1.29 is 19.1 Å². The fourth-order valence-electron chi connectivity index (χ4n) is 0.952. The summed E-state index contributed by atoms with van der Waals surface area (Å²) in [4.78, 5) is 21.0. The van der Waals surface area contributed by atoms with E-state index in [2.05, 4.69) is 0 Å². The van der Waals surface area contributed by atoms with Crippen LogP contribution in [0, 0.1) is 0 Å². The van der Waals surface area contributed by atoms with Crippen LogP contribution in [0.4, 0.5) is 0 Å². The second-order valence-electron chi connectivity index (χ2n) is 2.90. The number of allylic oxidation sites excluding steroid dienone is 1. The van der Waals surface area contributed by atoms with Crippen molar-refractivity contribution in [1.29, 1.82) is 0 Å². The van der Waals surface area contributed by atoms with E-state index < -0.39 is 11.8 Å². The van der Waals surface area contributed by atoms with Gasteiger partial charge >= 0.3 is 5.97 Å². The molecule has 0 unspecified atom stereocenters. The highest BCUT2D eigenvalue weighted by atomic mass is 16.7. The molecular weight excluding hydrogens is 160 g/mol. The molecule has 1 heterocycles. The summed E-state index contributed by atoms with van der Waals surface area (Å²) in [6.07, 6.45) is 1.97. The lowest BCUT2D eigenvalue weighted by Gasteiger charge is -2.29. The van der Waals surface area contributed by atoms with Gasteiger partial charge in [-0.3, -0.25) is 0 Å². The molecule has 4 nitrogen and oxygen atoms in total. The van der Waals surface area contributed by atoms with Crippen LogP contribution in [0.3, 0.4) is 0 Å². The van der Waals surface area contributed by atoms with Crippen molar-refractivity contribution in [3.05, 3.63) is 11.8 Å². The maximum absolute atomic E-state index is 10.9. The van der Waals surface area contributed by atoms with Crippen LogP contribution in [-0.4, -0.2) is 18.0 Å². The van der Waals surface area contributed by atoms with Crippen molar-refractivity contribution in [2.24, 2.45) is 0 Å². The Balaban J connectivity index is 2.76. The highest BCUT2D eigenvalue weighted by molar-refractivity contribution is 5.84. The Labute approximate surface area is 70.1 Å². The van der Waals surface area contributed by atoms with Crippen LogP contribution >= 0.6 is 0 Å². The summed E-state index contributed by atoms with van der Waals surface area (Å²) in [7, 11) is 0. The van der Waals surface area contributed by atoms with Crippen molar-refractivity contribution in [3.8, 4) is 0 Å². The first kappa shape index (κ1) is 8.77. The van der Waals surface area contributed by atoms with Gasteiger partial charge in [0.1, 0.15) is 12.0 Å². The smallest absolute Gasteiger partial charge is 0.337 e. The van der Waals surface area contributed by atoms with Crippen LogP contribution in [-0.2, 0) is 19.1 Å². The molecule has 1 aliphatic rings. The zero-order valence-corrected chi connectivity index (χ0v) is 6.99. The molecule has 0 saturated heterocycles. The molecule has 0 atom stereocenters. The maximum Gasteiger partial charge on any atom is 0.337 e. The molecule has 0 aromatic carbocycles. The molecule has 0 amide bonds. The molecule has 4 heteroatoms. The zero-order chi connectivity index (χ0) is 9.19. The van der Waals surface area contributed by atoms with Crippen molar-refractivity contribution in [3.63, 3.8) is 0 Å². The van der Waals surface area contributed by atoms with E-state index in [1.165, 1.54) is 6.08 Å². The molecule has 66 valence electrons. The number of aldehydes is 1. The van der Waals surface area contributed by atoms with E-state index in [0.717, 1.165) is 0 Å². The van der Waals surface area contributed by atoms with Gasteiger partial charge in [-0.2, -0.15) is 0 Å². The van der Waals surface area contributed by atoms with E-state index in [1.54, 1.807) is 13.8 Å². The molecule has 1 rings (SSSR count). The standard InChI is InChI=1S/C8H10O4/c1-8(2)11-6(3-4-9)5-7(10)12-8/h4-5H,3H2,1-2H3. The topological polar surface area (TPSA) is 52.6 Å². The molecule has 0 fully saturated rings. The number of hydrogen-bond donors (Lipinski definition) is 0. The van der Waals surface area contributed by atoms with Gasteiger partial charge in [0.15, 0.2) is 0 Å². The molecule has 12 heavy (non-hydrogen) atoms. The van der Waals surface area contributed by atoms with Gasteiger partial charge in [0.05, 0.1) is 12.5 Å². The molecule has 0 aromatic heterocycles. The lowest BCUT2D eigenvalue weighted by molar-refractivity contribution is -0.205. The van der Waals surface area contributed by atoms with E-state index in [-0.39, 0.29) is 6.42 Å². The highest BCUT2D eigenvalue weighted by Gasteiger charge is 2.29. The number of esters is 1. The second kappa shape index (κ2) is 2.97. The zero-order valence-electron chi connectivity index (χ0n) is 6.99. The van der Waals surface area contributed by atoms with Crippen LogP contribution in [0.25, 0.3) is 0 Å². The van der Waals surface area contributed by atoms with E-state index in [9.17, 15) is 9.59 Å². The average Bonchev–Trinajstić information content (AvgIpc) is 1.82. The molecule has 0 N–H and O–H groups in total. The van der Waals surface area contributed by atoms with Crippen LogP contribution in [0.1, 0.15) is 20.3 Å². The fraction of sp³-hybridized carbons (Fsp3) is 0.500. The lowest BCUT2D eigenvalue weighted by atomic mass is 10.3. The first-order chi connectivity index (χ1) is 5.53. The summed E-state index contributed by atoms with van der Waals surface area (Å²) >= 11 is 0. The molecule has 0 radical (unpaired) electrons. The third kappa shape index (κ3) is 2.08. The second-order valence-corrected chi connectivity index (χ2v) is 2.90. The molecule has 0 saturated carbocycles. The maximum atomic E-state index is 10.9. The van der Waals surface area contributed by atoms with Crippen LogP contribution in [0.15, 0.2) is 11.8 Å². The lowest BCUT2D eigenvalue weighted by Crippen LogP contribution is -2.34. The van der Waals surface area contributed by atoms with E-state index in [1.807, 2.05) is 0 Å². The normalized spacial score (nSPS) is 20.5. The van der Waals surface area contributed by atoms with Gasteiger partial charge in [0.25, 0.3) is 0 Å². The molecule has 0 aliphatic carbocycles. The summed E-state index contributed by atoms with van der Waals surface area (Å²) < 4.78 is 9.97. The summed E-state index contributed by atoms with van der Waals surface area (Å²) in [5.74, 6) is -1.07. The Kier molecular flexibility index (Phi) is 2.17. The fourth-order valence-corrected chi connectivity index (χ4v) is 0.952. The summed E-state index contributed by atoms with van der Waals surface area (Å²) in [5.41, 5.74) is 0. The van der Waals surface area contributed by atoms with Crippen molar-refractivity contribution >= 4 is 12.3 Å². The minimum Gasteiger partial charge on any atom is -0.456 e. The Hall–Kier alpha value is -1.32. The Morgan fingerprint density at radius 3 is 2.67 bits per heavy atom. The van der Waals surface area contributed by atoms with Gasteiger partial charge in [-0.1, -0.05) is 0 Å². The monoisotopic (exact) mass is 170 g/mol. The molecule has 0 spiro atoms. The van der Waals surface area contributed by atoms with Gasteiger partial charge in [-0.15, -0.1) is 0 Å². The Bertz CT molecular complexity index is 239. The predicted octanol–water partition coefficient (Wildman–Crippen LogP) is 0.769. The van der Waals surface area contributed by atoms with Gasteiger partial charge in [0, 0.05) is 13.8 Å². The third-order valence-corrected chi connectivity index (χ3v) is 1.29. The largest absolute Gasteiger partial charge is 0.456 e. The highest BCUT2D eigenvalue weighted by Crippen LogP contribution is 2.22. The van der Waals surface area contributed by atoms with Crippen LogP contribution < -0.4 is 0 Å². The SMILES string of the molecule is CC1(C)OC(=O)C=C(CC=O)O1. The first-order valence-electron chi connectivity index (χ1n) is 3.60. The Morgan fingerprint density at radius 1 is 1.50 bits per heavy atom.